The van der Waals surface area contributed by atoms with Crippen LogP contribution in [0.15, 0.2) is 66.7 Å². The van der Waals surface area contributed by atoms with Gasteiger partial charge in [-0.3, -0.25) is 9.10 Å². The summed E-state index contributed by atoms with van der Waals surface area (Å²) in [6.45, 7) is 5.80. The van der Waals surface area contributed by atoms with Gasteiger partial charge in [-0.05, 0) is 73.9 Å². The summed E-state index contributed by atoms with van der Waals surface area (Å²) in [6, 6.07) is 19.6. The number of hydrogen-bond acceptors (Lipinski definition) is 3. The summed E-state index contributed by atoms with van der Waals surface area (Å²) in [7, 11) is -3.46. The summed E-state index contributed by atoms with van der Waals surface area (Å²) < 4.78 is 26.9. The van der Waals surface area contributed by atoms with Crippen molar-refractivity contribution in [2.45, 2.75) is 27.3 Å². The fourth-order valence-electron chi connectivity index (χ4n) is 3.09. The molecule has 5 nitrogen and oxygen atoms in total. The average molecular weight is 457 g/mol. The minimum absolute atomic E-state index is 0.00585. The number of hydrogen-bond donors (Lipinski definition) is 1. The van der Waals surface area contributed by atoms with Gasteiger partial charge in [-0.2, -0.15) is 0 Å². The molecule has 3 aromatic carbocycles. The van der Waals surface area contributed by atoms with Gasteiger partial charge in [0.25, 0.3) is 5.91 Å². The number of halogens is 1. The molecule has 1 amide bonds. The molecule has 0 spiro atoms. The van der Waals surface area contributed by atoms with Gasteiger partial charge in [-0.25, -0.2) is 8.42 Å². The first-order chi connectivity index (χ1) is 14.7. The number of amides is 1. The maximum atomic E-state index is 12.8. The monoisotopic (exact) mass is 456 g/mol. The summed E-state index contributed by atoms with van der Waals surface area (Å²) in [5.74, 6) is -0.296. The van der Waals surface area contributed by atoms with Crippen molar-refractivity contribution < 1.29 is 13.2 Å². The first-order valence-electron chi connectivity index (χ1n) is 9.93. The Hall–Kier alpha value is -2.83. The largest absolute Gasteiger partial charge is 0.322 e. The molecule has 1 N–H and O–H groups in total. The molecule has 0 radical (unpaired) electrons. The van der Waals surface area contributed by atoms with Crippen molar-refractivity contribution in [1.82, 2.24) is 0 Å². The molecular formula is C24H25ClN2O3S. The van der Waals surface area contributed by atoms with E-state index in [4.69, 9.17) is 11.6 Å². The minimum Gasteiger partial charge on any atom is -0.322 e. The molecule has 0 atom stereocenters. The number of rotatable bonds is 7. The molecule has 162 valence electrons. The summed E-state index contributed by atoms with van der Waals surface area (Å²) in [4.78, 5) is 12.4. The number of sulfonamides is 1. The van der Waals surface area contributed by atoms with Crippen LogP contribution in [0, 0.1) is 13.8 Å². The number of nitrogens with zero attached hydrogens (tertiary/aromatic N) is 1. The van der Waals surface area contributed by atoms with Gasteiger partial charge in [0, 0.05) is 5.69 Å². The zero-order valence-corrected chi connectivity index (χ0v) is 19.3. The molecule has 0 aliphatic carbocycles. The summed E-state index contributed by atoms with van der Waals surface area (Å²) in [5, 5.41) is 3.19. The predicted octanol–water partition coefficient (Wildman–Crippen LogP) is 5.57. The van der Waals surface area contributed by atoms with Crippen molar-refractivity contribution in [3.8, 4) is 0 Å². The van der Waals surface area contributed by atoms with Crippen LogP contribution in [-0.2, 0) is 16.6 Å². The first kappa shape index (κ1) is 22.8. The van der Waals surface area contributed by atoms with Crippen molar-refractivity contribution in [3.63, 3.8) is 0 Å². The van der Waals surface area contributed by atoms with E-state index in [1.165, 1.54) is 4.31 Å². The Bertz CT molecular complexity index is 1190. The van der Waals surface area contributed by atoms with E-state index in [-0.39, 0.29) is 18.2 Å². The molecule has 3 aromatic rings. The molecule has 0 fully saturated rings. The highest BCUT2D eigenvalue weighted by molar-refractivity contribution is 7.92. The van der Waals surface area contributed by atoms with Gasteiger partial charge in [-0.15, -0.1) is 0 Å². The van der Waals surface area contributed by atoms with Gasteiger partial charge in [0.2, 0.25) is 10.0 Å². The molecule has 3 rings (SSSR count). The second kappa shape index (κ2) is 9.54. The highest BCUT2D eigenvalue weighted by Gasteiger charge is 2.21. The lowest BCUT2D eigenvalue weighted by molar-refractivity contribution is 0.102. The predicted molar refractivity (Wildman–Crippen MR) is 127 cm³/mol. The molecule has 0 bridgehead atoms. The number of nitrogens with one attached hydrogen (secondary N) is 1. The fourth-order valence-corrected chi connectivity index (χ4v) is 4.40. The van der Waals surface area contributed by atoms with Crippen molar-refractivity contribution in [3.05, 3.63) is 94.0 Å². The molecule has 0 aliphatic rings. The van der Waals surface area contributed by atoms with Crippen LogP contribution >= 0.6 is 11.6 Å². The van der Waals surface area contributed by atoms with Gasteiger partial charge < -0.3 is 5.32 Å². The molecule has 7 heteroatoms. The molecule has 0 aromatic heterocycles. The maximum Gasteiger partial charge on any atom is 0.257 e. The zero-order chi connectivity index (χ0) is 22.6. The second-order valence-electron chi connectivity index (χ2n) is 7.31. The zero-order valence-electron chi connectivity index (χ0n) is 17.7. The van der Waals surface area contributed by atoms with Crippen LogP contribution in [0.25, 0.3) is 0 Å². The van der Waals surface area contributed by atoms with E-state index >= 15 is 0 Å². The Morgan fingerprint density at radius 3 is 2.26 bits per heavy atom. The summed E-state index contributed by atoms with van der Waals surface area (Å²) in [6.07, 6.45) is 0. The van der Waals surface area contributed by atoms with Crippen molar-refractivity contribution >= 4 is 38.9 Å². The molecular weight excluding hydrogens is 432 g/mol. The Morgan fingerprint density at radius 1 is 0.968 bits per heavy atom. The Labute approximate surface area is 188 Å². The Kier molecular flexibility index (Phi) is 7.03. The molecule has 31 heavy (non-hydrogen) atoms. The lowest BCUT2D eigenvalue weighted by Gasteiger charge is -2.25. The topological polar surface area (TPSA) is 66.5 Å². The number of carbonyl (C=O) groups excluding carboxylic acids is 1. The summed E-state index contributed by atoms with van der Waals surface area (Å²) in [5.41, 5.74) is 4.59. The van der Waals surface area contributed by atoms with Gasteiger partial charge >= 0.3 is 0 Å². The van der Waals surface area contributed by atoms with Crippen LogP contribution in [0.2, 0.25) is 5.02 Å². The number of carbonyl (C=O) groups is 1. The SMILES string of the molecule is CCS(=O)(=O)N(Cc1ccc(NC(=O)c2ccccc2Cl)cc1)c1ccc(C)c(C)c1. The third kappa shape index (κ3) is 5.46. The van der Waals surface area contributed by atoms with Crippen LogP contribution < -0.4 is 9.62 Å². The number of anilines is 2. The lowest BCUT2D eigenvalue weighted by Crippen LogP contribution is -2.32. The van der Waals surface area contributed by atoms with Crippen molar-refractivity contribution in [2.24, 2.45) is 0 Å². The Morgan fingerprint density at radius 2 is 1.65 bits per heavy atom. The molecule has 0 heterocycles. The van der Waals surface area contributed by atoms with Crippen LogP contribution in [0.3, 0.4) is 0 Å². The van der Waals surface area contributed by atoms with E-state index in [2.05, 4.69) is 5.32 Å². The van der Waals surface area contributed by atoms with E-state index in [9.17, 15) is 13.2 Å². The van der Waals surface area contributed by atoms with E-state index in [0.717, 1.165) is 16.7 Å². The smallest absolute Gasteiger partial charge is 0.257 e. The van der Waals surface area contributed by atoms with Crippen molar-refractivity contribution in [1.29, 1.82) is 0 Å². The first-order valence-corrected chi connectivity index (χ1v) is 11.9. The fraction of sp³-hybridized carbons (Fsp3) is 0.208. The Balaban J connectivity index is 1.80. The second-order valence-corrected chi connectivity index (χ2v) is 9.90. The average Bonchev–Trinajstić information content (AvgIpc) is 2.75. The van der Waals surface area contributed by atoms with Crippen LogP contribution in [0.5, 0.6) is 0 Å². The van der Waals surface area contributed by atoms with E-state index in [0.29, 0.717) is 22.0 Å². The van der Waals surface area contributed by atoms with Gasteiger partial charge in [0.1, 0.15) is 0 Å². The van der Waals surface area contributed by atoms with Crippen LogP contribution in [0.1, 0.15) is 34.0 Å². The normalized spacial score (nSPS) is 11.2. The molecule has 0 saturated carbocycles. The highest BCUT2D eigenvalue weighted by atomic mass is 35.5. The number of benzene rings is 3. The van der Waals surface area contributed by atoms with E-state index in [1.54, 1.807) is 55.5 Å². The maximum absolute atomic E-state index is 12.8. The molecule has 0 saturated heterocycles. The minimum atomic E-state index is -3.46. The van der Waals surface area contributed by atoms with Gasteiger partial charge in [-0.1, -0.05) is 41.9 Å². The van der Waals surface area contributed by atoms with Crippen molar-refractivity contribution in [2.75, 3.05) is 15.4 Å². The third-order valence-corrected chi connectivity index (χ3v) is 7.21. The molecule has 0 aliphatic heterocycles. The van der Waals surface area contributed by atoms with Gasteiger partial charge in [0.15, 0.2) is 0 Å². The lowest BCUT2D eigenvalue weighted by atomic mass is 10.1. The molecule has 0 unspecified atom stereocenters. The quantitative estimate of drug-likeness (QED) is 0.505. The van der Waals surface area contributed by atoms with Gasteiger partial charge in [0.05, 0.1) is 28.6 Å². The number of aryl methyl sites for hydroxylation is 2. The highest BCUT2D eigenvalue weighted by Crippen LogP contribution is 2.25. The third-order valence-electron chi connectivity index (χ3n) is 5.14. The standard InChI is InChI=1S/C24H25ClN2O3S/c1-4-31(29,30)27(21-14-9-17(2)18(3)15-21)16-19-10-12-20(13-11-19)26-24(28)22-7-5-6-8-23(22)25/h5-15H,4,16H2,1-3H3,(H,26,28). The summed E-state index contributed by atoms with van der Waals surface area (Å²) >= 11 is 6.08. The van der Waals surface area contributed by atoms with Crippen LogP contribution in [0.4, 0.5) is 11.4 Å². The van der Waals surface area contributed by atoms with E-state index in [1.807, 2.05) is 32.0 Å². The van der Waals surface area contributed by atoms with E-state index < -0.39 is 10.0 Å². The van der Waals surface area contributed by atoms with Crippen LogP contribution in [-0.4, -0.2) is 20.1 Å².